The summed E-state index contributed by atoms with van der Waals surface area (Å²) in [5.41, 5.74) is 2.09. The Balaban J connectivity index is 1.30. The second-order valence-corrected chi connectivity index (χ2v) is 8.63. The highest BCUT2D eigenvalue weighted by Gasteiger charge is 2.23. The number of nitrogens with one attached hydrogen (secondary N) is 1. The molecule has 0 spiro atoms. The van der Waals surface area contributed by atoms with E-state index in [0.717, 1.165) is 11.6 Å². The number of para-hydroxylation sites is 1. The number of carbonyl (C=O) groups is 2. The molecule has 9 heteroatoms. The molecule has 0 unspecified atom stereocenters. The number of hydrogen-bond acceptors (Lipinski definition) is 5. The lowest BCUT2D eigenvalue weighted by molar-refractivity contribution is 0.0496. The van der Waals surface area contributed by atoms with Crippen molar-refractivity contribution < 1.29 is 27.8 Å². The van der Waals surface area contributed by atoms with Crippen LogP contribution in [0.1, 0.15) is 27.6 Å². The average Bonchev–Trinajstić information content (AvgIpc) is 2.93. The number of hydrogen-bond donors (Lipinski definition) is 1. The van der Waals surface area contributed by atoms with Gasteiger partial charge in [-0.05, 0) is 35.4 Å². The molecule has 4 rings (SSSR count). The third-order valence-corrected chi connectivity index (χ3v) is 6.27. The minimum atomic E-state index is -0.911. The number of halogens is 2. The summed E-state index contributed by atoms with van der Waals surface area (Å²) in [6, 6.07) is 19.6. The summed E-state index contributed by atoms with van der Waals surface area (Å²) in [4.78, 5) is 28.6. The number of benzene rings is 3. The molecule has 0 aromatic heterocycles. The van der Waals surface area contributed by atoms with Crippen molar-refractivity contribution in [3.05, 3.63) is 101 Å². The van der Waals surface area contributed by atoms with E-state index in [1.807, 2.05) is 30.3 Å². The molecule has 1 aliphatic heterocycles. The van der Waals surface area contributed by atoms with Crippen molar-refractivity contribution in [2.24, 2.45) is 0 Å². The van der Waals surface area contributed by atoms with E-state index in [1.165, 1.54) is 19.2 Å². The molecule has 3 aromatic rings. The van der Waals surface area contributed by atoms with E-state index in [2.05, 4.69) is 10.2 Å². The molecular weight excluding hydrogens is 480 g/mol. The van der Waals surface area contributed by atoms with Crippen LogP contribution in [0, 0.1) is 11.6 Å². The van der Waals surface area contributed by atoms with Crippen molar-refractivity contribution in [3.63, 3.8) is 0 Å². The molecule has 3 aromatic carbocycles. The first-order valence-corrected chi connectivity index (χ1v) is 12.0. The largest absolute Gasteiger partial charge is 0.465 e. The summed E-state index contributed by atoms with van der Waals surface area (Å²) in [6.45, 7) is 3.31. The van der Waals surface area contributed by atoms with Gasteiger partial charge in [0, 0.05) is 32.7 Å². The Kier molecular flexibility index (Phi) is 8.81. The Bertz CT molecular complexity index is 1220. The van der Waals surface area contributed by atoms with E-state index in [1.54, 1.807) is 29.2 Å². The van der Waals surface area contributed by atoms with Gasteiger partial charge in [0.05, 0.1) is 25.0 Å². The molecule has 2 amide bonds. The van der Waals surface area contributed by atoms with Crippen molar-refractivity contribution in [3.8, 4) is 0 Å². The van der Waals surface area contributed by atoms with Crippen LogP contribution in [-0.2, 0) is 9.47 Å². The molecule has 0 aliphatic carbocycles. The predicted octanol–water partition coefficient (Wildman–Crippen LogP) is 4.71. The van der Waals surface area contributed by atoms with Crippen LogP contribution in [0.3, 0.4) is 0 Å². The number of nitrogens with zero attached hydrogens (tertiary/aromatic N) is 2. The van der Waals surface area contributed by atoms with Gasteiger partial charge >= 0.3 is 12.0 Å². The summed E-state index contributed by atoms with van der Waals surface area (Å²) in [6.07, 6.45) is -0.529. The fourth-order valence-electron chi connectivity index (χ4n) is 4.24. The zero-order chi connectivity index (χ0) is 26.2. The van der Waals surface area contributed by atoms with Gasteiger partial charge in [0.15, 0.2) is 11.6 Å². The first-order valence-electron chi connectivity index (χ1n) is 12.0. The molecule has 1 saturated heterocycles. The van der Waals surface area contributed by atoms with Crippen LogP contribution in [0.15, 0.2) is 72.8 Å². The molecular formula is C28H29F2N3O4. The molecule has 194 valence electrons. The number of rotatable bonds is 8. The van der Waals surface area contributed by atoms with Gasteiger partial charge in [-0.1, -0.05) is 48.5 Å². The average molecular weight is 510 g/mol. The third kappa shape index (κ3) is 6.69. The monoisotopic (exact) mass is 509 g/mol. The van der Waals surface area contributed by atoms with E-state index < -0.39 is 23.7 Å². The Morgan fingerprint density at radius 1 is 0.892 bits per heavy atom. The molecule has 7 nitrogen and oxygen atoms in total. The summed E-state index contributed by atoms with van der Waals surface area (Å²) < 4.78 is 38.3. The van der Waals surface area contributed by atoms with Crippen LogP contribution in [0.2, 0.25) is 0 Å². The minimum absolute atomic E-state index is 0.283. The van der Waals surface area contributed by atoms with Crippen molar-refractivity contribution in [2.45, 2.75) is 6.10 Å². The van der Waals surface area contributed by atoms with Crippen molar-refractivity contribution >= 4 is 17.7 Å². The zero-order valence-corrected chi connectivity index (χ0v) is 20.5. The number of urea groups is 1. The number of esters is 1. The third-order valence-electron chi connectivity index (χ3n) is 6.27. The van der Waals surface area contributed by atoms with E-state index in [4.69, 9.17) is 9.47 Å². The van der Waals surface area contributed by atoms with Crippen LogP contribution in [0.4, 0.5) is 19.3 Å². The van der Waals surface area contributed by atoms with Crippen molar-refractivity contribution in [1.82, 2.24) is 9.80 Å². The Labute approximate surface area is 214 Å². The summed E-state index contributed by atoms with van der Waals surface area (Å²) in [7, 11) is 1.30. The first-order chi connectivity index (χ1) is 18.0. The normalized spacial score (nSPS) is 14.7. The fourth-order valence-corrected chi connectivity index (χ4v) is 4.24. The van der Waals surface area contributed by atoms with Crippen LogP contribution < -0.4 is 5.32 Å². The van der Waals surface area contributed by atoms with E-state index in [9.17, 15) is 18.4 Å². The lowest BCUT2D eigenvalue weighted by Crippen LogP contribution is -2.50. The molecule has 0 radical (unpaired) electrons. The van der Waals surface area contributed by atoms with E-state index in [-0.39, 0.29) is 6.03 Å². The van der Waals surface area contributed by atoms with Gasteiger partial charge < -0.3 is 19.7 Å². The highest BCUT2D eigenvalue weighted by molar-refractivity contribution is 6.00. The zero-order valence-electron chi connectivity index (χ0n) is 20.5. The molecule has 1 aliphatic rings. The Morgan fingerprint density at radius 3 is 2.30 bits per heavy atom. The smallest absolute Gasteiger partial charge is 0.339 e. The van der Waals surface area contributed by atoms with Gasteiger partial charge in [0.25, 0.3) is 0 Å². The van der Waals surface area contributed by atoms with Gasteiger partial charge in [-0.2, -0.15) is 0 Å². The molecule has 1 heterocycles. The number of amides is 2. The molecule has 1 N–H and O–H groups in total. The molecule has 37 heavy (non-hydrogen) atoms. The maximum absolute atomic E-state index is 13.9. The molecule has 0 bridgehead atoms. The number of methoxy groups -OCH3 is 1. The number of piperazine rings is 1. The van der Waals surface area contributed by atoms with E-state index in [0.29, 0.717) is 56.1 Å². The second kappa shape index (κ2) is 12.4. The fraction of sp³-hybridized carbons (Fsp3) is 0.286. The van der Waals surface area contributed by atoms with Crippen molar-refractivity contribution in [2.75, 3.05) is 51.8 Å². The second-order valence-electron chi connectivity index (χ2n) is 8.63. The highest BCUT2D eigenvalue weighted by Crippen LogP contribution is 2.27. The maximum atomic E-state index is 13.9. The minimum Gasteiger partial charge on any atom is -0.465 e. The van der Waals surface area contributed by atoms with Gasteiger partial charge in [-0.15, -0.1) is 0 Å². The van der Waals surface area contributed by atoms with E-state index >= 15 is 0 Å². The number of anilines is 1. The molecule has 1 atom stereocenters. The predicted molar refractivity (Wildman–Crippen MR) is 135 cm³/mol. The van der Waals surface area contributed by atoms with Crippen LogP contribution in [0.25, 0.3) is 0 Å². The number of carbonyl (C=O) groups excluding carboxylic acids is 2. The lowest BCUT2D eigenvalue weighted by Gasteiger charge is -2.35. The summed E-state index contributed by atoms with van der Waals surface area (Å²) in [5.74, 6) is -2.32. The number of ether oxygens (including phenoxy) is 2. The summed E-state index contributed by atoms with van der Waals surface area (Å²) >= 11 is 0. The topological polar surface area (TPSA) is 71.1 Å². The van der Waals surface area contributed by atoms with Crippen molar-refractivity contribution in [1.29, 1.82) is 0 Å². The van der Waals surface area contributed by atoms with Gasteiger partial charge in [0.2, 0.25) is 0 Å². The SMILES string of the molecule is COC(=O)c1ccccc1NC(=O)N1CCN(CCO[C@H](c2ccccc2)c2ccc(F)c(F)c2)CC1. The summed E-state index contributed by atoms with van der Waals surface area (Å²) in [5, 5.41) is 2.80. The van der Waals surface area contributed by atoms with Crippen LogP contribution in [-0.4, -0.2) is 68.2 Å². The maximum Gasteiger partial charge on any atom is 0.339 e. The quantitative estimate of drug-likeness (QED) is 0.446. The Morgan fingerprint density at radius 2 is 1.59 bits per heavy atom. The van der Waals surface area contributed by atoms with Crippen LogP contribution >= 0.6 is 0 Å². The van der Waals surface area contributed by atoms with Gasteiger partial charge in [-0.3, -0.25) is 4.90 Å². The molecule has 0 saturated carbocycles. The highest BCUT2D eigenvalue weighted by atomic mass is 19.2. The first kappa shape index (κ1) is 26.2. The lowest BCUT2D eigenvalue weighted by atomic mass is 10.0. The van der Waals surface area contributed by atoms with Gasteiger partial charge in [-0.25, -0.2) is 18.4 Å². The van der Waals surface area contributed by atoms with Crippen LogP contribution in [0.5, 0.6) is 0 Å². The van der Waals surface area contributed by atoms with Gasteiger partial charge in [0.1, 0.15) is 6.10 Å². The Hall–Kier alpha value is -3.82. The standard InChI is InChI=1S/C28H29F2N3O4/c1-36-27(34)22-9-5-6-10-25(22)31-28(35)33-15-13-32(14-16-33)17-18-37-26(20-7-3-2-4-8-20)21-11-12-23(29)24(30)19-21/h2-12,19,26H,13-18H2,1H3,(H,31,35)/t26-/m1/s1. The molecule has 1 fully saturated rings.